The molecule has 0 spiro atoms. The topological polar surface area (TPSA) is 68.9 Å². The fraction of sp³-hybridized carbons (Fsp3) is 0.385. The second kappa shape index (κ2) is 6.75. The third kappa shape index (κ3) is 3.96. The SMILES string of the molecule is CNCCNc1cc(N(C)Cc2cc[nH]c2)ncn1. The lowest BCUT2D eigenvalue weighted by molar-refractivity contribution is 0.819. The van der Waals surface area contributed by atoms with Gasteiger partial charge in [0.25, 0.3) is 0 Å². The molecule has 6 heteroatoms. The molecule has 0 bridgehead atoms. The minimum atomic E-state index is 0.816. The Hall–Kier alpha value is -2.08. The van der Waals surface area contributed by atoms with E-state index in [0.29, 0.717) is 0 Å². The van der Waals surface area contributed by atoms with Gasteiger partial charge in [0.05, 0.1) is 0 Å². The molecule has 0 aliphatic rings. The molecule has 0 aliphatic heterocycles. The van der Waals surface area contributed by atoms with Crippen LogP contribution in [-0.4, -0.2) is 42.1 Å². The van der Waals surface area contributed by atoms with Crippen molar-refractivity contribution in [3.8, 4) is 0 Å². The van der Waals surface area contributed by atoms with Crippen LogP contribution in [0.4, 0.5) is 11.6 Å². The second-order valence-corrected chi connectivity index (χ2v) is 4.37. The van der Waals surface area contributed by atoms with Crippen molar-refractivity contribution in [1.82, 2.24) is 20.3 Å². The molecule has 0 radical (unpaired) electrons. The van der Waals surface area contributed by atoms with E-state index in [1.807, 2.05) is 32.6 Å². The molecule has 6 nitrogen and oxygen atoms in total. The molecule has 0 amide bonds. The molecule has 102 valence electrons. The zero-order valence-electron chi connectivity index (χ0n) is 11.3. The average molecular weight is 260 g/mol. The molecule has 0 saturated heterocycles. The van der Waals surface area contributed by atoms with Crippen LogP contribution in [0.15, 0.2) is 30.9 Å². The molecule has 19 heavy (non-hydrogen) atoms. The Labute approximate surface area is 113 Å². The number of H-pyrrole nitrogens is 1. The zero-order valence-corrected chi connectivity index (χ0v) is 11.3. The maximum atomic E-state index is 4.30. The van der Waals surface area contributed by atoms with Crippen LogP contribution in [0.2, 0.25) is 0 Å². The predicted molar refractivity (Wildman–Crippen MR) is 77.3 cm³/mol. The van der Waals surface area contributed by atoms with Gasteiger partial charge in [0.2, 0.25) is 0 Å². The van der Waals surface area contributed by atoms with Crippen molar-refractivity contribution in [2.24, 2.45) is 0 Å². The van der Waals surface area contributed by atoms with E-state index in [1.54, 1.807) is 6.33 Å². The van der Waals surface area contributed by atoms with Gasteiger partial charge >= 0.3 is 0 Å². The van der Waals surface area contributed by atoms with Gasteiger partial charge in [0.1, 0.15) is 18.0 Å². The first-order chi connectivity index (χ1) is 9.29. The van der Waals surface area contributed by atoms with Crippen LogP contribution in [0.5, 0.6) is 0 Å². The highest BCUT2D eigenvalue weighted by molar-refractivity contribution is 5.48. The number of nitrogens with zero attached hydrogens (tertiary/aromatic N) is 3. The summed E-state index contributed by atoms with van der Waals surface area (Å²) in [6, 6.07) is 4.02. The van der Waals surface area contributed by atoms with Crippen LogP contribution < -0.4 is 15.5 Å². The average Bonchev–Trinajstić information content (AvgIpc) is 2.92. The quantitative estimate of drug-likeness (QED) is 0.650. The number of rotatable bonds is 7. The van der Waals surface area contributed by atoms with Crippen molar-refractivity contribution in [1.29, 1.82) is 0 Å². The van der Waals surface area contributed by atoms with Gasteiger partial charge in [-0.1, -0.05) is 0 Å². The van der Waals surface area contributed by atoms with Gasteiger partial charge in [-0.15, -0.1) is 0 Å². The third-order valence-corrected chi connectivity index (χ3v) is 2.81. The molecule has 0 saturated carbocycles. The molecule has 2 aromatic heterocycles. The standard InChI is InChI=1S/C13H20N6/c1-14-5-6-16-12-7-13(18-10-17-12)19(2)9-11-3-4-15-8-11/h3-4,7-8,10,14-15H,5-6,9H2,1-2H3,(H,16,17,18). The normalized spacial score (nSPS) is 10.4. The predicted octanol–water partition coefficient (Wildman–Crippen LogP) is 1.07. The van der Waals surface area contributed by atoms with Crippen molar-refractivity contribution in [3.05, 3.63) is 36.4 Å². The largest absolute Gasteiger partial charge is 0.369 e. The molecule has 0 fully saturated rings. The minimum absolute atomic E-state index is 0.816. The molecule has 0 aromatic carbocycles. The van der Waals surface area contributed by atoms with Crippen LogP contribution >= 0.6 is 0 Å². The number of aromatic nitrogens is 3. The first-order valence-corrected chi connectivity index (χ1v) is 6.33. The Morgan fingerprint density at radius 2 is 2.21 bits per heavy atom. The van der Waals surface area contributed by atoms with Crippen molar-refractivity contribution in [2.45, 2.75) is 6.54 Å². The number of hydrogen-bond acceptors (Lipinski definition) is 5. The van der Waals surface area contributed by atoms with Gasteiger partial charge in [0.15, 0.2) is 0 Å². The summed E-state index contributed by atoms with van der Waals surface area (Å²) >= 11 is 0. The summed E-state index contributed by atoms with van der Waals surface area (Å²) in [4.78, 5) is 13.6. The van der Waals surface area contributed by atoms with E-state index < -0.39 is 0 Å². The highest BCUT2D eigenvalue weighted by Crippen LogP contribution is 2.14. The molecular formula is C13H20N6. The Kier molecular flexibility index (Phi) is 4.74. The Balaban J connectivity index is 1.97. The van der Waals surface area contributed by atoms with E-state index in [4.69, 9.17) is 0 Å². The molecule has 2 rings (SSSR count). The van der Waals surface area contributed by atoms with Crippen molar-refractivity contribution >= 4 is 11.6 Å². The molecule has 2 aromatic rings. The van der Waals surface area contributed by atoms with Crippen molar-refractivity contribution in [3.63, 3.8) is 0 Å². The molecule has 0 unspecified atom stereocenters. The fourth-order valence-electron chi connectivity index (χ4n) is 1.78. The number of aromatic amines is 1. The molecule has 2 heterocycles. The minimum Gasteiger partial charge on any atom is -0.369 e. The molecule has 3 N–H and O–H groups in total. The number of anilines is 2. The van der Waals surface area contributed by atoms with E-state index in [2.05, 4.69) is 36.6 Å². The van der Waals surface area contributed by atoms with Crippen molar-refractivity contribution < 1.29 is 0 Å². The number of nitrogens with one attached hydrogen (secondary N) is 3. The first kappa shape index (κ1) is 13.4. The van der Waals surface area contributed by atoms with Gasteiger partial charge in [-0.2, -0.15) is 0 Å². The first-order valence-electron chi connectivity index (χ1n) is 6.33. The lowest BCUT2D eigenvalue weighted by Crippen LogP contribution is -2.20. The maximum Gasteiger partial charge on any atom is 0.134 e. The van der Waals surface area contributed by atoms with E-state index in [1.165, 1.54) is 5.56 Å². The highest BCUT2D eigenvalue weighted by Gasteiger charge is 2.05. The Bertz CT molecular complexity index is 482. The Morgan fingerprint density at radius 3 is 2.95 bits per heavy atom. The lowest BCUT2D eigenvalue weighted by Gasteiger charge is -2.17. The van der Waals surface area contributed by atoms with Crippen LogP contribution in [0.1, 0.15) is 5.56 Å². The van der Waals surface area contributed by atoms with Crippen molar-refractivity contribution in [2.75, 3.05) is 37.4 Å². The summed E-state index contributed by atoms with van der Waals surface area (Å²) in [7, 11) is 3.95. The summed E-state index contributed by atoms with van der Waals surface area (Å²) < 4.78 is 0. The summed E-state index contributed by atoms with van der Waals surface area (Å²) in [5.74, 6) is 1.75. The van der Waals surface area contributed by atoms with Crippen LogP contribution in [0.3, 0.4) is 0 Å². The lowest BCUT2D eigenvalue weighted by atomic mass is 10.3. The van der Waals surface area contributed by atoms with Gasteiger partial charge in [-0.05, 0) is 18.7 Å². The molecule has 0 aliphatic carbocycles. The monoisotopic (exact) mass is 260 g/mol. The van der Waals surface area contributed by atoms with E-state index in [-0.39, 0.29) is 0 Å². The van der Waals surface area contributed by atoms with Gasteiger partial charge in [0, 0.05) is 45.1 Å². The Morgan fingerprint density at radius 1 is 1.32 bits per heavy atom. The zero-order chi connectivity index (χ0) is 13.5. The summed E-state index contributed by atoms with van der Waals surface area (Å²) in [5, 5.41) is 6.34. The van der Waals surface area contributed by atoms with Gasteiger partial charge < -0.3 is 20.5 Å². The highest BCUT2D eigenvalue weighted by atomic mass is 15.2. The van der Waals surface area contributed by atoms with E-state index in [0.717, 1.165) is 31.3 Å². The van der Waals surface area contributed by atoms with E-state index in [9.17, 15) is 0 Å². The number of likely N-dealkylation sites (N-methyl/N-ethyl adjacent to an activating group) is 1. The van der Waals surface area contributed by atoms with Crippen LogP contribution in [0.25, 0.3) is 0 Å². The third-order valence-electron chi connectivity index (χ3n) is 2.81. The number of hydrogen-bond donors (Lipinski definition) is 3. The summed E-state index contributed by atoms with van der Waals surface area (Å²) in [5.41, 5.74) is 1.23. The van der Waals surface area contributed by atoms with E-state index >= 15 is 0 Å². The van der Waals surface area contributed by atoms with Crippen LogP contribution in [0, 0.1) is 0 Å². The summed E-state index contributed by atoms with van der Waals surface area (Å²) in [6.45, 7) is 2.56. The maximum absolute atomic E-state index is 4.30. The fourth-order valence-corrected chi connectivity index (χ4v) is 1.78. The van der Waals surface area contributed by atoms with Crippen LogP contribution in [-0.2, 0) is 6.54 Å². The molecular weight excluding hydrogens is 240 g/mol. The summed E-state index contributed by atoms with van der Waals surface area (Å²) in [6.07, 6.45) is 5.50. The molecule has 0 atom stereocenters. The van der Waals surface area contributed by atoms with Gasteiger partial charge in [-0.3, -0.25) is 0 Å². The smallest absolute Gasteiger partial charge is 0.134 e. The van der Waals surface area contributed by atoms with Gasteiger partial charge in [-0.25, -0.2) is 9.97 Å². The second-order valence-electron chi connectivity index (χ2n) is 4.37.